The Balaban J connectivity index is 1.67. The van der Waals surface area contributed by atoms with Gasteiger partial charge in [0.05, 0.1) is 18.9 Å². The van der Waals surface area contributed by atoms with Gasteiger partial charge in [0.15, 0.2) is 4.77 Å². The maximum Gasteiger partial charge on any atom is 0.421 e. The Morgan fingerprint density at radius 2 is 1.88 bits per heavy atom. The number of benzene rings is 1. The smallest absolute Gasteiger partial charge is 0.421 e. The summed E-state index contributed by atoms with van der Waals surface area (Å²) in [6.45, 7) is 1.85. The average molecular weight is 470 g/mol. The van der Waals surface area contributed by atoms with Crippen LogP contribution in [0.15, 0.2) is 34.2 Å². The van der Waals surface area contributed by atoms with Crippen molar-refractivity contribution in [2.45, 2.75) is 13.0 Å². The second kappa shape index (κ2) is 8.04. The number of nitrogens with zero attached hydrogens (tertiary/aromatic N) is 6. The number of hydrogen-bond donors (Lipinski definition) is 3. The number of likely N-dealkylation sites (N-methyl/N-ethyl adjacent to an activating group) is 3. The maximum absolute atomic E-state index is 12.5. The third-order valence-corrected chi connectivity index (χ3v) is 5.79. The molecular formula is C20H21N8O4S+. The number of H-pyrrole nitrogens is 1. The number of nitrogens with one attached hydrogen (secondary N) is 2. The van der Waals surface area contributed by atoms with Gasteiger partial charge in [-0.05, 0) is 30.8 Å². The molecule has 0 radical (unpaired) electrons. The number of guanidine groups is 1. The standard InChI is InChI=1S/C20H20N8O4S/c1-10-7-5-6-8-12(10)28-16(30)11(15(29)23-19(28)33)9-21-24-18-22-14-13(25(18)2)17(31)27(4)20(32)26(14)3/h5-9,13H,1-4H3,(H2,21,23,29,30,33)/p+1. The van der Waals surface area contributed by atoms with Crippen molar-refractivity contribution in [1.82, 2.24) is 34.3 Å². The number of imide groups is 1. The van der Waals surface area contributed by atoms with Crippen molar-refractivity contribution >= 4 is 42.2 Å². The van der Waals surface area contributed by atoms with Gasteiger partial charge in [0, 0.05) is 14.1 Å². The van der Waals surface area contributed by atoms with Gasteiger partial charge in [-0.15, -0.1) is 5.10 Å². The van der Waals surface area contributed by atoms with E-state index in [-0.39, 0.29) is 28.0 Å². The summed E-state index contributed by atoms with van der Waals surface area (Å²) in [6.07, 6.45) is 1.13. The lowest BCUT2D eigenvalue weighted by Crippen LogP contribution is -2.63. The molecule has 3 amide bonds. The van der Waals surface area contributed by atoms with E-state index in [4.69, 9.17) is 12.2 Å². The lowest BCUT2D eigenvalue weighted by molar-refractivity contribution is -0.130. The molecule has 33 heavy (non-hydrogen) atoms. The molecule has 2 aliphatic rings. The van der Waals surface area contributed by atoms with Crippen LogP contribution in [0.1, 0.15) is 11.1 Å². The number of aromatic nitrogens is 2. The molecule has 1 unspecified atom stereocenters. The van der Waals surface area contributed by atoms with Crippen LogP contribution in [-0.4, -0.2) is 86.5 Å². The number of hydrogen-bond acceptors (Lipinski definition) is 8. The quantitative estimate of drug-likeness (QED) is 0.238. The number of fused-ring (bicyclic) bond motifs is 1. The lowest BCUT2D eigenvalue weighted by Gasteiger charge is -2.30. The SMILES string of the molecule is Cc1ccccc1-n1c(O)c(/C=N/NC2=[N+]=C3C(C(=O)N(C)C(=O)N3C)N2C)c(=O)[nH]c1=S. The van der Waals surface area contributed by atoms with E-state index in [1.807, 2.05) is 19.1 Å². The molecule has 0 bridgehead atoms. The van der Waals surface area contributed by atoms with E-state index in [0.717, 1.165) is 16.7 Å². The number of carbonyl (C=O) groups is 2. The van der Waals surface area contributed by atoms with E-state index in [9.17, 15) is 19.5 Å². The summed E-state index contributed by atoms with van der Waals surface area (Å²) in [5.41, 5.74) is 3.35. The van der Waals surface area contributed by atoms with Gasteiger partial charge in [0.2, 0.25) is 11.9 Å². The molecule has 2 aromatic rings. The minimum Gasteiger partial charge on any atom is -0.494 e. The normalized spacial score (nSPS) is 18.1. The fourth-order valence-corrected chi connectivity index (χ4v) is 3.91. The zero-order chi connectivity index (χ0) is 24.0. The number of amides is 3. The molecule has 0 saturated carbocycles. The van der Waals surface area contributed by atoms with Gasteiger partial charge in [-0.25, -0.2) is 19.3 Å². The monoisotopic (exact) mass is 469 g/mol. The first kappa shape index (κ1) is 22.0. The van der Waals surface area contributed by atoms with Gasteiger partial charge in [0.25, 0.3) is 11.5 Å². The molecule has 2 aliphatic heterocycles. The molecule has 4 rings (SSSR count). The van der Waals surface area contributed by atoms with E-state index >= 15 is 0 Å². The van der Waals surface area contributed by atoms with Crippen LogP contribution >= 0.6 is 12.2 Å². The zero-order valence-corrected chi connectivity index (χ0v) is 19.0. The first-order valence-corrected chi connectivity index (χ1v) is 10.2. The van der Waals surface area contributed by atoms with Crippen molar-refractivity contribution < 1.29 is 14.7 Å². The molecule has 1 saturated heterocycles. The van der Waals surface area contributed by atoms with Crippen LogP contribution in [0.5, 0.6) is 5.88 Å². The summed E-state index contributed by atoms with van der Waals surface area (Å²) in [4.78, 5) is 43.5. The summed E-state index contributed by atoms with van der Waals surface area (Å²) >= 11 is 5.23. The van der Waals surface area contributed by atoms with E-state index in [2.05, 4.69) is 20.2 Å². The summed E-state index contributed by atoms with van der Waals surface area (Å²) in [5, 5.41) is 14.8. The molecule has 12 nitrogen and oxygen atoms in total. The fourth-order valence-electron chi connectivity index (χ4n) is 3.63. The Labute approximate surface area is 192 Å². The van der Waals surface area contributed by atoms with E-state index in [1.54, 1.807) is 19.2 Å². The molecule has 0 spiro atoms. The van der Waals surface area contributed by atoms with E-state index < -0.39 is 23.5 Å². The van der Waals surface area contributed by atoms with Gasteiger partial charge in [-0.2, -0.15) is 5.43 Å². The average Bonchev–Trinajstić information content (AvgIpc) is 3.10. The Morgan fingerprint density at radius 1 is 1.18 bits per heavy atom. The molecule has 3 N–H and O–H groups in total. The van der Waals surface area contributed by atoms with Crippen LogP contribution in [0.3, 0.4) is 0 Å². The van der Waals surface area contributed by atoms with Gasteiger partial charge in [-0.1, -0.05) is 18.2 Å². The number of aryl methyl sites for hydroxylation is 1. The van der Waals surface area contributed by atoms with Crippen LogP contribution in [0, 0.1) is 11.7 Å². The molecule has 13 heteroatoms. The zero-order valence-electron chi connectivity index (χ0n) is 18.2. The number of amidine groups is 1. The Hall–Kier alpha value is -4.22. The topological polar surface area (TPSA) is 140 Å². The van der Waals surface area contributed by atoms with Gasteiger partial charge < -0.3 is 5.11 Å². The summed E-state index contributed by atoms with van der Waals surface area (Å²) in [7, 11) is 4.54. The van der Waals surface area contributed by atoms with Crippen LogP contribution in [0.4, 0.5) is 4.79 Å². The van der Waals surface area contributed by atoms with Crippen molar-refractivity contribution in [1.29, 1.82) is 0 Å². The Morgan fingerprint density at radius 3 is 2.58 bits per heavy atom. The highest BCUT2D eigenvalue weighted by Crippen LogP contribution is 2.21. The van der Waals surface area contributed by atoms with Gasteiger partial charge in [0.1, 0.15) is 5.56 Å². The van der Waals surface area contributed by atoms with Crippen LogP contribution < -0.4 is 15.7 Å². The van der Waals surface area contributed by atoms with Crippen molar-refractivity contribution in [2.75, 3.05) is 21.1 Å². The van der Waals surface area contributed by atoms with Crippen molar-refractivity contribution in [2.24, 2.45) is 5.10 Å². The number of hydrazone groups is 1. The number of aromatic amines is 1. The number of rotatable bonds is 3. The van der Waals surface area contributed by atoms with Crippen molar-refractivity contribution in [3.05, 3.63) is 50.5 Å². The second-order valence-corrected chi connectivity index (χ2v) is 7.92. The predicted octanol–water partition coefficient (Wildman–Crippen LogP) is -0.508. The van der Waals surface area contributed by atoms with Gasteiger partial charge in [-0.3, -0.25) is 24.0 Å². The molecular weight excluding hydrogens is 448 g/mol. The minimum atomic E-state index is -0.782. The fraction of sp³-hybridized carbons (Fsp3) is 0.250. The third-order valence-electron chi connectivity index (χ3n) is 5.50. The molecule has 170 valence electrons. The van der Waals surface area contributed by atoms with Crippen LogP contribution in [0.2, 0.25) is 0 Å². The predicted molar refractivity (Wildman–Crippen MR) is 124 cm³/mol. The van der Waals surface area contributed by atoms with E-state index in [1.165, 1.54) is 28.5 Å². The first-order chi connectivity index (χ1) is 15.6. The van der Waals surface area contributed by atoms with Crippen LogP contribution in [-0.2, 0) is 4.79 Å². The highest BCUT2D eigenvalue weighted by molar-refractivity contribution is 7.71. The third kappa shape index (κ3) is 3.49. The van der Waals surface area contributed by atoms with E-state index in [0.29, 0.717) is 5.69 Å². The van der Waals surface area contributed by atoms with Gasteiger partial charge >= 0.3 is 17.8 Å². The highest BCUT2D eigenvalue weighted by atomic mass is 32.1. The number of para-hydroxylation sites is 1. The van der Waals surface area contributed by atoms with Crippen molar-refractivity contribution in [3.8, 4) is 11.6 Å². The Bertz CT molecular complexity index is 1400. The van der Waals surface area contributed by atoms with Crippen LogP contribution in [0.25, 0.3) is 5.69 Å². The molecule has 1 fully saturated rings. The molecule has 1 aromatic heterocycles. The summed E-state index contributed by atoms with van der Waals surface area (Å²) in [5.74, 6) is -0.348. The molecule has 1 atom stereocenters. The minimum absolute atomic E-state index is 0.0348. The molecule has 3 heterocycles. The summed E-state index contributed by atoms with van der Waals surface area (Å²) in [6, 6.07) is 5.97. The maximum atomic E-state index is 12.5. The molecule has 1 aromatic carbocycles. The molecule has 0 aliphatic carbocycles. The number of carbonyl (C=O) groups excluding carboxylic acids is 2. The second-order valence-electron chi connectivity index (χ2n) is 7.53. The lowest BCUT2D eigenvalue weighted by atomic mass is 10.1. The largest absolute Gasteiger partial charge is 0.494 e. The number of urea groups is 1. The van der Waals surface area contributed by atoms with Crippen molar-refractivity contribution in [3.63, 3.8) is 0 Å². The summed E-state index contributed by atoms with van der Waals surface area (Å²) < 4.78 is 5.67. The highest BCUT2D eigenvalue weighted by Gasteiger charge is 2.53. The number of aromatic hydroxyl groups is 1. The first-order valence-electron chi connectivity index (χ1n) is 9.80. The Kier molecular flexibility index (Phi) is 5.36.